The number of hydrogen-bond donors (Lipinski definition) is 4. The van der Waals surface area contributed by atoms with E-state index >= 15 is 0 Å². The zero-order valence-corrected chi connectivity index (χ0v) is 25.6. The Bertz CT molecular complexity index is 1500. The van der Waals surface area contributed by atoms with Gasteiger partial charge in [-0.05, 0) is 99.6 Å². The zero-order valence-electron chi connectivity index (χ0n) is 25.6. The number of carboxylic acid groups (broad SMARTS) is 1. The SMILES string of the molecule is Cc1c(CNc2ncc([N+](=O)[O-])c(NC[C@H]3CC[C@H](CNC(=O)OC(C)(C)C)CC3)n2)cccc1-c1cccc(C(=O)O)c1. The molecule has 12 heteroatoms. The number of nitro groups is 1. The van der Waals surface area contributed by atoms with Gasteiger partial charge in [0.25, 0.3) is 0 Å². The number of anilines is 2. The van der Waals surface area contributed by atoms with Gasteiger partial charge in [-0.2, -0.15) is 4.98 Å². The van der Waals surface area contributed by atoms with Gasteiger partial charge in [0.05, 0.1) is 10.5 Å². The molecule has 0 unspecified atom stereocenters. The van der Waals surface area contributed by atoms with Gasteiger partial charge in [-0.1, -0.05) is 30.3 Å². The van der Waals surface area contributed by atoms with Crippen LogP contribution >= 0.6 is 0 Å². The van der Waals surface area contributed by atoms with Gasteiger partial charge >= 0.3 is 17.7 Å². The first-order valence-corrected chi connectivity index (χ1v) is 14.8. The third-order valence-corrected chi connectivity index (χ3v) is 7.73. The van der Waals surface area contributed by atoms with E-state index in [4.69, 9.17) is 4.74 Å². The second-order valence-electron chi connectivity index (χ2n) is 12.2. The van der Waals surface area contributed by atoms with Crippen LogP contribution in [0.2, 0.25) is 0 Å². The lowest BCUT2D eigenvalue weighted by Crippen LogP contribution is -2.36. The lowest BCUT2D eigenvalue weighted by atomic mass is 9.82. The Hall–Kier alpha value is -4.74. The van der Waals surface area contributed by atoms with Gasteiger partial charge < -0.3 is 25.8 Å². The Balaban J connectivity index is 1.35. The number of carbonyl (C=O) groups is 2. The monoisotopic (exact) mass is 604 g/mol. The summed E-state index contributed by atoms with van der Waals surface area (Å²) in [6.45, 7) is 8.94. The van der Waals surface area contributed by atoms with Crippen molar-refractivity contribution in [2.45, 2.75) is 65.5 Å². The number of alkyl carbamates (subject to hydrolysis) is 1. The van der Waals surface area contributed by atoms with E-state index in [2.05, 4.69) is 25.9 Å². The van der Waals surface area contributed by atoms with Crippen LogP contribution in [0.1, 0.15) is 67.9 Å². The summed E-state index contributed by atoms with van der Waals surface area (Å²) < 4.78 is 5.31. The summed E-state index contributed by atoms with van der Waals surface area (Å²) in [6.07, 6.45) is 4.55. The fourth-order valence-corrected chi connectivity index (χ4v) is 5.33. The fourth-order valence-electron chi connectivity index (χ4n) is 5.33. The molecule has 0 spiro atoms. The first kappa shape index (κ1) is 32.2. The number of nitrogens with zero attached hydrogens (tertiary/aromatic N) is 3. The molecule has 44 heavy (non-hydrogen) atoms. The number of rotatable bonds is 11. The first-order valence-electron chi connectivity index (χ1n) is 14.8. The molecule has 2 aromatic carbocycles. The summed E-state index contributed by atoms with van der Waals surface area (Å²) in [4.78, 5) is 43.2. The third kappa shape index (κ3) is 8.88. The van der Waals surface area contributed by atoms with Crippen molar-refractivity contribution in [2.24, 2.45) is 11.8 Å². The van der Waals surface area contributed by atoms with E-state index in [0.29, 0.717) is 31.5 Å². The Labute approximate surface area is 256 Å². The van der Waals surface area contributed by atoms with Crippen molar-refractivity contribution in [1.29, 1.82) is 0 Å². The summed E-state index contributed by atoms with van der Waals surface area (Å²) in [6, 6.07) is 12.6. The van der Waals surface area contributed by atoms with Crippen LogP contribution in [-0.4, -0.2) is 50.8 Å². The van der Waals surface area contributed by atoms with Crippen molar-refractivity contribution in [2.75, 3.05) is 23.7 Å². The molecule has 4 N–H and O–H groups in total. The highest BCUT2D eigenvalue weighted by molar-refractivity contribution is 5.89. The largest absolute Gasteiger partial charge is 0.478 e. The maximum absolute atomic E-state index is 12.0. The van der Waals surface area contributed by atoms with Gasteiger partial charge in [0, 0.05) is 19.6 Å². The van der Waals surface area contributed by atoms with Gasteiger partial charge in [0.15, 0.2) is 0 Å². The molecule has 1 aromatic heterocycles. The smallest absolute Gasteiger partial charge is 0.407 e. The van der Waals surface area contributed by atoms with E-state index in [1.807, 2.05) is 52.0 Å². The topological polar surface area (TPSA) is 169 Å². The highest BCUT2D eigenvalue weighted by atomic mass is 16.6. The molecule has 1 aliphatic rings. The van der Waals surface area contributed by atoms with Gasteiger partial charge in [0.2, 0.25) is 11.8 Å². The Morgan fingerprint density at radius 2 is 1.73 bits per heavy atom. The van der Waals surface area contributed by atoms with Crippen molar-refractivity contribution in [1.82, 2.24) is 15.3 Å². The van der Waals surface area contributed by atoms with Crippen LogP contribution in [0, 0.1) is 28.9 Å². The van der Waals surface area contributed by atoms with Crippen molar-refractivity contribution in [3.05, 3.63) is 75.5 Å². The summed E-state index contributed by atoms with van der Waals surface area (Å²) in [5.74, 6) is 0.127. The molecule has 1 heterocycles. The number of nitrogens with one attached hydrogen (secondary N) is 3. The van der Waals surface area contributed by atoms with Crippen LogP contribution in [0.3, 0.4) is 0 Å². The number of ether oxygens (including phenoxy) is 1. The second-order valence-corrected chi connectivity index (χ2v) is 12.2. The molecule has 0 saturated heterocycles. The second kappa shape index (κ2) is 14.2. The van der Waals surface area contributed by atoms with Crippen molar-refractivity contribution >= 4 is 29.5 Å². The van der Waals surface area contributed by atoms with E-state index < -0.39 is 22.6 Å². The number of benzene rings is 2. The molecule has 4 rings (SSSR count). The Kier molecular flexibility index (Phi) is 10.4. The minimum atomic E-state index is -0.984. The fraction of sp³-hybridized carbons (Fsp3) is 0.438. The lowest BCUT2D eigenvalue weighted by molar-refractivity contribution is -0.384. The van der Waals surface area contributed by atoms with Crippen LogP contribution < -0.4 is 16.0 Å². The van der Waals surface area contributed by atoms with Gasteiger partial charge in [-0.25, -0.2) is 14.6 Å². The minimum absolute atomic E-state index is 0.164. The van der Waals surface area contributed by atoms with E-state index in [1.54, 1.807) is 18.2 Å². The molecule has 1 aliphatic carbocycles. The van der Waals surface area contributed by atoms with Crippen LogP contribution in [0.5, 0.6) is 0 Å². The minimum Gasteiger partial charge on any atom is -0.478 e. The van der Waals surface area contributed by atoms with Crippen LogP contribution in [0.25, 0.3) is 11.1 Å². The molecule has 1 saturated carbocycles. The summed E-state index contributed by atoms with van der Waals surface area (Å²) in [5, 5.41) is 30.3. The average Bonchev–Trinajstić information content (AvgIpc) is 2.98. The van der Waals surface area contributed by atoms with Crippen LogP contribution in [0.15, 0.2) is 48.7 Å². The summed E-state index contributed by atoms with van der Waals surface area (Å²) in [7, 11) is 0. The highest BCUT2D eigenvalue weighted by Crippen LogP contribution is 2.31. The van der Waals surface area contributed by atoms with E-state index in [-0.39, 0.29) is 23.0 Å². The molecule has 0 radical (unpaired) electrons. The zero-order chi connectivity index (χ0) is 31.9. The average molecular weight is 605 g/mol. The molecule has 234 valence electrons. The predicted molar refractivity (Wildman–Crippen MR) is 168 cm³/mol. The molecule has 1 fully saturated rings. The number of aromatic carboxylic acids is 1. The van der Waals surface area contributed by atoms with Crippen molar-refractivity contribution in [3.8, 4) is 11.1 Å². The molecule has 0 aliphatic heterocycles. The Morgan fingerprint density at radius 3 is 2.39 bits per heavy atom. The quantitative estimate of drug-likeness (QED) is 0.142. The first-order chi connectivity index (χ1) is 20.9. The predicted octanol–water partition coefficient (Wildman–Crippen LogP) is 6.41. The maximum Gasteiger partial charge on any atom is 0.407 e. The normalized spacial score (nSPS) is 16.5. The highest BCUT2D eigenvalue weighted by Gasteiger charge is 2.25. The number of aromatic nitrogens is 2. The van der Waals surface area contributed by atoms with E-state index in [1.165, 1.54) is 6.20 Å². The standard InChI is InChI=1S/C32H40N6O6/c1-20-25(9-6-10-26(20)23-7-5-8-24(15-23)29(39)40)18-34-30-35-19-27(38(42)43)28(37-30)33-16-21-11-13-22(14-12-21)17-36-31(41)44-32(2,3)4/h5-10,15,19,21-22H,11-14,16-18H2,1-4H3,(H,36,41)(H,39,40)(H2,33,34,35,37)/t21-,22-. The van der Waals surface area contributed by atoms with Gasteiger partial charge in [-0.3, -0.25) is 10.1 Å². The van der Waals surface area contributed by atoms with E-state index in [9.17, 15) is 24.8 Å². The Morgan fingerprint density at radius 1 is 1.05 bits per heavy atom. The maximum atomic E-state index is 12.0. The summed E-state index contributed by atoms with van der Waals surface area (Å²) in [5.41, 5.74) is 3.13. The molecule has 0 atom stereocenters. The van der Waals surface area contributed by atoms with Crippen LogP contribution in [0.4, 0.5) is 22.2 Å². The molecular formula is C32H40N6O6. The number of hydrogen-bond acceptors (Lipinski definition) is 9. The van der Waals surface area contributed by atoms with Crippen molar-refractivity contribution in [3.63, 3.8) is 0 Å². The van der Waals surface area contributed by atoms with Gasteiger partial charge in [0.1, 0.15) is 11.8 Å². The summed E-state index contributed by atoms with van der Waals surface area (Å²) >= 11 is 0. The lowest BCUT2D eigenvalue weighted by Gasteiger charge is -2.29. The number of carbonyl (C=O) groups excluding carboxylic acids is 1. The molecular weight excluding hydrogens is 564 g/mol. The molecule has 3 aromatic rings. The van der Waals surface area contributed by atoms with Crippen molar-refractivity contribution < 1.29 is 24.4 Å². The molecule has 1 amide bonds. The number of carboxylic acids is 1. The van der Waals surface area contributed by atoms with Gasteiger partial charge in [-0.15, -0.1) is 0 Å². The van der Waals surface area contributed by atoms with Crippen LogP contribution in [-0.2, 0) is 11.3 Å². The number of amides is 1. The molecule has 12 nitrogen and oxygen atoms in total. The third-order valence-electron chi connectivity index (χ3n) is 7.73. The van der Waals surface area contributed by atoms with E-state index in [0.717, 1.165) is 47.9 Å². The molecule has 0 bridgehead atoms.